The van der Waals surface area contributed by atoms with Crippen molar-refractivity contribution >= 4 is 12.0 Å². The maximum atomic E-state index is 11.3. The second kappa shape index (κ2) is 7.09. The predicted octanol–water partition coefficient (Wildman–Crippen LogP) is 1.48. The Morgan fingerprint density at radius 2 is 1.62 bits per heavy atom. The molecule has 0 aromatic rings. The number of carbonyl (C=O) groups is 2. The van der Waals surface area contributed by atoms with Crippen molar-refractivity contribution in [2.75, 3.05) is 6.54 Å². The average Bonchev–Trinajstić information content (AvgIpc) is 2.19. The Hall–Kier alpha value is -1.26. The first kappa shape index (κ1) is 12.8. The fourth-order valence-corrected chi connectivity index (χ4v) is 1.99. The molecule has 5 nitrogen and oxygen atoms in total. The number of hydrogen-bond donors (Lipinski definition) is 3. The van der Waals surface area contributed by atoms with Gasteiger partial charge in [0.05, 0.1) is 0 Å². The molecular formula is C11H20N2O3. The molecule has 0 aromatic carbocycles. The van der Waals surface area contributed by atoms with Crippen LogP contribution in [0.15, 0.2) is 0 Å². The minimum atomic E-state index is -1.02. The summed E-state index contributed by atoms with van der Waals surface area (Å²) in [5.74, 6) is -1.02. The minimum Gasteiger partial charge on any atom is -0.480 e. The molecule has 1 rings (SSSR count). The summed E-state index contributed by atoms with van der Waals surface area (Å²) >= 11 is 0. The van der Waals surface area contributed by atoms with Gasteiger partial charge in [-0.3, -0.25) is 4.79 Å². The number of rotatable bonds is 3. The van der Waals surface area contributed by atoms with Crippen molar-refractivity contribution in [1.29, 1.82) is 0 Å². The van der Waals surface area contributed by atoms with Gasteiger partial charge in [-0.25, -0.2) is 4.79 Å². The second-order valence-corrected chi connectivity index (χ2v) is 4.26. The average molecular weight is 228 g/mol. The number of hydrogen-bond acceptors (Lipinski definition) is 2. The van der Waals surface area contributed by atoms with Crippen molar-refractivity contribution in [2.45, 2.75) is 51.0 Å². The quantitative estimate of drug-likeness (QED) is 0.684. The third-order valence-corrected chi connectivity index (χ3v) is 2.84. The van der Waals surface area contributed by atoms with E-state index in [4.69, 9.17) is 5.11 Å². The van der Waals surface area contributed by atoms with E-state index >= 15 is 0 Å². The molecule has 1 aliphatic rings. The van der Waals surface area contributed by atoms with E-state index < -0.39 is 5.97 Å². The Bertz CT molecular complexity index is 235. The Balaban J connectivity index is 2.22. The summed E-state index contributed by atoms with van der Waals surface area (Å²) in [6, 6.07) is -0.165. The normalized spacial score (nSPS) is 18.2. The van der Waals surface area contributed by atoms with Crippen molar-refractivity contribution in [3.05, 3.63) is 0 Å². The van der Waals surface area contributed by atoms with Crippen LogP contribution in [0.5, 0.6) is 0 Å². The van der Waals surface area contributed by atoms with Gasteiger partial charge in [0, 0.05) is 6.04 Å². The molecule has 0 radical (unpaired) electrons. The zero-order chi connectivity index (χ0) is 11.8. The van der Waals surface area contributed by atoms with E-state index in [2.05, 4.69) is 10.6 Å². The Kier molecular flexibility index (Phi) is 5.67. The number of carboxylic acids is 1. The van der Waals surface area contributed by atoms with Gasteiger partial charge in [-0.15, -0.1) is 0 Å². The molecular weight excluding hydrogens is 208 g/mol. The highest BCUT2D eigenvalue weighted by molar-refractivity contribution is 5.79. The lowest BCUT2D eigenvalue weighted by Crippen LogP contribution is -2.43. The number of aliphatic carboxylic acids is 1. The van der Waals surface area contributed by atoms with Gasteiger partial charge in [-0.2, -0.15) is 0 Å². The summed E-state index contributed by atoms with van der Waals surface area (Å²) in [5.41, 5.74) is 0. The molecule has 16 heavy (non-hydrogen) atoms. The van der Waals surface area contributed by atoms with Crippen LogP contribution < -0.4 is 10.6 Å². The summed E-state index contributed by atoms with van der Waals surface area (Å²) in [6.07, 6.45) is 8.04. The molecule has 0 atom stereocenters. The van der Waals surface area contributed by atoms with E-state index in [1.807, 2.05) is 0 Å². The van der Waals surface area contributed by atoms with Gasteiger partial charge in [0.2, 0.25) is 0 Å². The van der Waals surface area contributed by atoms with Crippen molar-refractivity contribution in [3.8, 4) is 0 Å². The van der Waals surface area contributed by atoms with E-state index in [0.717, 1.165) is 25.7 Å². The van der Waals surface area contributed by atoms with Crippen LogP contribution in [0.3, 0.4) is 0 Å². The third-order valence-electron chi connectivity index (χ3n) is 2.84. The predicted molar refractivity (Wildman–Crippen MR) is 60.3 cm³/mol. The maximum Gasteiger partial charge on any atom is 0.323 e. The smallest absolute Gasteiger partial charge is 0.323 e. The summed E-state index contributed by atoms with van der Waals surface area (Å²) in [7, 11) is 0. The first-order valence-corrected chi connectivity index (χ1v) is 5.94. The van der Waals surface area contributed by atoms with Gasteiger partial charge in [-0.05, 0) is 12.8 Å². The van der Waals surface area contributed by atoms with E-state index in [0.29, 0.717) is 0 Å². The van der Waals surface area contributed by atoms with Gasteiger partial charge < -0.3 is 15.7 Å². The summed E-state index contributed by atoms with van der Waals surface area (Å²) in [6.45, 7) is -0.321. The molecule has 5 heteroatoms. The number of urea groups is 1. The molecule has 0 saturated heterocycles. The van der Waals surface area contributed by atoms with Gasteiger partial charge in [-0.1, -0.05) is 32.1 Å². The van der Waals surface area contributed by atoms with Gasteiger partial charge >= 0.3 is 12.0 Å². The summed E-state index contributed by atoms with van der Waals surface area (Å²) in [5, 5.41) is 13.6. The van der Waals surface area contributed by atoms with Crippen molar-refractivity contribution in [2.24, 2.45) is 0 Å². The Morgan fingerprint density at radius 3 is 2.19 bits per heavy atom. The van der Waals surface area contributed by atoms with Crippen molar-refractivity contribution < 1.29 is 14.7 Å². The topological polar surface area (TPSA) is 78.4 Å². The van der Waals surface area contributed by atoms with E-state index in [1.54, 1.807) is 0 Å². The molecule has 0 bridgehead atoms. The number of amides is 2. The highest BCUT2D eigenvalue weighted by Gasteiger charge is 2.13. The molecule has 3 N–H and O–H groups in total. The lowest BCUT2D eigenvalue weighted by molar-refractivity contribution is -0.135. The lowest BCUT2D eigenvalue weighted by Gasteiger charge is -2.20. The SMILES string of the molecule is O=C(O)CNC(=O)NC1CCCCCCC1. The number of nitrogens with one attached hydrogen (secondary N) is 2. The Labute approximate surface area is 95.6 Å². The number of carbonyl (C=O) groups excluding carboxylic acids is 1. The molecule has 1 fully saturated rings. The summed E-state index contributed by atoms with van der Waals surface area (Å²) < 4.78 is 0. The fraction of sp³-hybridized carbons (Fsp3) is 0.818. The van der Waals surface area contributed by atoms with Gasteiger partial charge in [0.25, 0.3) is 0 Å². The number of carboxylic acid groups (broad SMARTS) is 1. The standard InChI is InChI=1S/C11H20N2O3/c14-10(15)8-12-11(16)13-9-6-4-2-1-3-5-7-9/h9H,1-8H2,(H,14,15)(H2,12,13,16). The molecule has 2 amide bonds. The molecule has 0 aromatic heterocycles. The van der Waals surface area contributed by atoms with Crippen LogP contribution >= 0.6 is 0 Å². The molecule has 92 valence electrons. The van der Waals surface area contributed by atoms with Crippen molar-refractivity contribution in [1.82, 2.24) is 10.6 Å². The minimum absolute atomic E-state index is 0.203. The first-order chi connectivity index (χ1) is 7.68. The molecule has 0 heterocycles. The van der Waals surface area contributed by atoms with Crippen LogP contribution in [-0.2, 0) is 4.79 Å². The first-order valence-electron chi connectivity index (χ1n) is 5.94. The molecule has 1 saturated carbocycles. The van der Waals surface area contributed by atoms with Crippen LogP contribution in [-0.4, -0.2) is 29.7 Å². The van der Waals surface area contributed by atoms with Crippen LogP contribution in [0.4, 0.5) is 4.79 Å². The van der Waals surface area contributed by atoms with Crippen molar-refractivity contribution in [3.63, 3.8) is 0 Å². The largest absolute Gasteiger partial charge is 0.480 e. The second-order valence-electron chi connectivity index (χ2n) is 4.26. The van der Waals surface area contributed by atoms with E-state index in [9.17, 15) is 9.59 Å². The van der Waals surface area contributed by atoms with Crippen LogP contribution in [0, 0.1) is 0 Å². The van der Waals surface area contributed by atoms with E-state index in [1.165, 1.54) is 19.3 Å². The molecule has 0 spiro atoms. The van der Waals surface area contributed by atoms with E-state index in [-0.39, 0.29) is 18.6 Å². The lowest BCUT2D eigenvalue weighted by atomic mass is 9.97. The van der Waals surface area contributed by atoms with Crippen LogP contribution in [0.1, 0.15) is 44.9 Å². The zero-order valence-corrected chi connectivity index (χ0v) is 9.50. The zero-order valence-electron chi connectivity index (χ0n) is 9.50. The fourth-order valence-electron chi connectivity index (χ4n) is 1.99. The third kappa shape index (κ3) is 5.58. The molecule has 1 aliphatic carbocycles. The monoisotopic (exact) mass is 228 g/mol. The van der Waals surface area contributed by atoms with Crippen LogP contribution in [0.2, 0.25) is 0 Å². The summed E-state index contributed by atoms with van der Waals surface area (Å²) in [4.78, 5) is 21.6. The molecule has 0 unspecified atom stereocenters. The van der Waals surface area contributed by atoms with Gasteiger partial charge in [0.1, 0.15) is 6.54 Å². The van der Waals surface area contributed by atoms with Crippen LogP contribution in [0.25, 0.3) is 0 Å². The highest BCUT2D eigenvalue weighted by atomic mass is 16.4. The molecule has 0 aliphatic heterocycles. The van der Waals surface area contributed by atoms with Gasteiger partial charge in [0.15, 0.2) is 0 Å². The Morgan fingerprint density at radius 1 is 1.06 bits per heavy atom. The highest BCUT2D eigenvalue weighted by Crippen LogP contribution is 2.16. The maximum absolute atomic E-state index is 11.3.